The zero-order valence-electron chi connectivity index (χ0n) is 11.8. The largest absolute Gasteiger partial charge is 0.480 e. The van der Waals surface area contributed by atoms with Gasteiger partial charge in [0.05, 0.1) is 4.99 Å². The number of carboxylic acids is 1. The van der Waals surface area contributed by atoms with Crippen LogP contribution in [0.1, 0.15) is 11.1 Å². The summed E-state index contributed by atoms with van der Waals surface area (Å²) in [6.45, 7) is 0. The number of aliphatic carboxylic acids is 1. The predicted octanol–water partition coefficient (Wildman–Crippen LogP) is 2.98. The summed E-state index contributed by atoms with van der Waals surface area (Å²) in [5.41, 5.74) is 1.76. The normalized spacial score (nSPS) is 11.7. The minimum Gasteiger partial charge on any atom is -0.480 e. The monoisotopic (exact) mass is 317 g/mol. The maximum absolute atomic E-state index is 12.9. The molecule has 2 N–H and O–H groups in total. The molecule has 3 nitrogen and oxygen atoms in total. The van der Waals surface area contributed by atoms with Gasteiger partial charge in [-0.15, -0.1) is 0 Å². The summed E-state index contributed by atoms with van der Waals surface area (Å²) in [4.78, 5) is 11.8. The zero-order chi connectivity index (χ0) is 15.9. The Labute approximate surface area is 133 Å². The molecule has 0 radical (unpaired) electrons. The fourth-order valence-corrected chi connectivity index (χ4v) is 2.39. The summed E-state index contributed by atoms with van der Waals surface area (Å²) in [7, 11) is 0. The summed E-state index contributed by atoms with van der Waals surface area (Å²) >= 11 is 5.21. The molecular weight excluding hydrogens is 301 g/mol. The molecule has 0 saturated carbocycles. The van der Waals surface area contributed by atoms with Crippen LogP contribution in [0, 0.1) is 5.82 Å². The maximum atomic E-state index is 12.9. The van der Waals surface area contributed by atoms with Gasteiger partial charge in [-0.2, -0.15) is 0 Å². The van der Waals surface area contributed by atoms with Crippen molar-refractivity contribution in [3.63, 3.8) is 0 Å². The van der Waals surface area contributed by atoms with Crippen LogP contribution >= 0.6 is 12.2 Å². The van der Waals surface area contributed by atoms with Crippen LogP contribution in [-0.4, -0.2) is 22.1 Å². The number of carboxylic acid groups (broad SMARTS) is 1. The first-order chi connectivity index (χ1) is 10.5. The van der Waals surface area contributed by atoms with E-state index in [1.165, 1.54) is 12.1 Å². The van der Waals surface area contributed by atoms with Gasteiger partial charge in [-0.1, -0.05) is 54.7 Å². The van der Waals surface area contributed by atoms with Gasteiger partial charge in [-0.05, 0) is 23.3 Å². The number of hydrogen-bond acceptors (Lipinski definition) is 2. The maximum Gasteiger partial charge on any atom is 0.326 e. The number of carbonyl (C=O) groups is 1. The Kier molecular flexibility index (Phi) is 5.61. The second-order valence-corrected chi connectivity index (χ2v) is 5.44. The minimum atomic E-state index is -0.953. The Morgan fingerprint density at radius 1 is 1.09 bits per heavy atom. The smallest absolute Gasteiger partial charge is 0.326 e. The van der Waals surface area contributed by atoms with E-state index in [1.807, 2.05) is 30.3 Å². The van der Waals surface area contributed by atoms with Crippen LogP contribution < -0.4 is 5.32 Å². The van der Waals surface area contributed by atoms with Crippen LogP contribution in [0.5, 0.6) is 0 Å². The van der Waals surface area contributed by atoms with Crippen LogP contribution in [0.2, 0.25) is 0 Å². The number of halogens is 1. The van der Waals surface area contributed by atoms with Gasteiger partial charge in [0, 0.05) is 12.8 Å². The van der Waals surface area contributed by atoms with Crippen molar-refractivity contribution >= 4 is 23.2 Å². The van der Waals surface area contributed by atoms with Crippen molar-refractivity contribution in [1.82, 2.24) is 5.32 Å². The van der Waals surface area contributed by atoms with Crippen molar-refractivity contribution in [3.05, 3.63) is 71.5 Å². The van der Waals surface area contributed by atoms with Crippen molar-refractivity contribution in [2.24, 2.45) is 0 Å². The van der Waals surface area contributed by atoms with Gasteiger partial charge < -0.3 is 10.4 Å². The number of rotatable bonds is 6. The quantitative estimate of drug-likeness (QED) is 0.804. The van der Waals surface area contributed by atoms with E-state index in [9.17, 15) is 14.3 Å². The molecule has 0 bridgehead atoms. The fraction of sp³-hybridized carbons (Fsp3) is 0.176. The summed E-state index contributed by atoms with van der Waals surface area (Å²) in [6.07, 6.45) is 0.730. The zero-order valence-corrected chi connectivity index (χ0v) is 12.6. The van der Waals surface area contributed by atoms with E-state index in [0.717, 1.165) is 11.1 Å². The van der Waals surface area contributed by atoms with Crippen LogP contribution in [-0.2, 0) is 17.6 Å². The third-order valence-corrected chi connectivity index (χ3v) is 3.46. The molecule has 0 saturated heterocycles. The van der Waals surface area contributed by atoms with Gasteiger partial charge in [-0.3, -0.25) is 0 Å². The summed E-state index contributed by atoms with van der Waals surface area (Å²) in [5.74, 6) is -1.26. The van der Waals surface area contributed by atoms with Crippen molar-refractivity contribution < 1.29 is 14.3 Å². The van der Waals surface area contributed by atoms with Gasteiger partial charge in [0.15, 0.2) is 0 Å². The van der Waals surface area contributed by atoms with E-state index in [1.54, 1.807) is 12.1 Å². The van der Waals surface area contributed by atoms with Crippen LogP contribution in [0.15, 0.2) is 54.6 Å². The fourth-order valence-electron chi connectivity index (χ4n) is 2.08. The average Bonchev–Trinajstić information content (AvgIpc) is 2.50. The molecule has 1 atom stereocenters. The van der Waals surface area contributed by atoms with E-state index in [0.29, 0.717) is 17.8 Å². The Balaban J connectivity index is 1.97. The molecule has 5 heteroatoms. The number of benzene rings is 2. The van der Waals surface area contributed by atoms with Crippen molar-refractivity contribution in [3.8, 4) is 0 Å². The standard InChI is InChI=1S/C17H16FNO2S/c18-14-8-6-13(7-9-14)11-16(22)19-15(17(20)21)10-12-4-2-1-3-5-12/h1-9,15H,10-11H2,(H,19,22)(H,20,21)/t15-/m0/s1. The molecule has 0 amide bonds. The van der Waals surface area contributed by atoms with E-state index >= 15 is 0 Å². The highest BCUT2D eigenvalue weighted by molar-refractivity contribution is 7.80. The van der Waals surface area contributed by atoms with Crippen molar-refractivity contribution in [2.45, 2.75) is 18.9 Å². The highest BCUT2D eigenvalue weighted by Crippen LogP contribution is 2.07. The summed E-state index contributed by atoms with van der Waals surface area (Å²) < 4.78 is 12.9. The Hall–Kier alpha value is -2.27. The van der Waals surface area contributed by atoms with E-state index in [4.69, 9.17) is 12.2 Å². The van der Waals surface area contributed by atoms with Gasteiger partial charge in [0.2, 0.25) is 0 Å². The molecule has 0 aromatic heterocycles. The van der Waals surface area contributed by atoms with Crippen molar-refractivity contribution in [1.29, 1.82) is 0 Å². The summed E-state index contributed by atoms with van der Waals surface area (Å²) in [6, 6.07) is 14.6. The molecule has 114 valence electrons. The predicted molar refractivity (Wildman–Crippen MR) is 87.4 cm³/mol. The molecule has 22 heavy (non-hydrogen) atoms. The third kappa shape index (κ3) is 4.93. The lowest BCUT2D eigenvalue weighted by atomic mass is 10.1. The lowest BCUT2D eigenvalue weighted by molar-refractivity contribution is -0.139. The highest BCUT2D eigenvalue weighted by Gasteiger charge is 2.18. The molecule has 0 heterocycles. The third-order valence-electron chi connectivity index (χ3n) is 3.19. The Morgan fingerprint density at radius 2 is 1.73 bits per heavy atom. The van der Waals surface area contributed by atoms with Crippen LogP contribution in [0.3, 0.4) is 0 Å². The lowest BCUT2D eigenvalue weighted by Crippen LogP contribution is -2.42. The molecule has 0 unspecified atom stereocenters. The Bertz CT molecular complexity index is 643. The molecule has 0 spiro atoms. The SMILES string of the molecule is O=C(O)[C@H](Cc1ccccc1)NC(=S)Cc1ccc(F)cc1. The van der Waals surface area contributed by atoms with Gasteiger partial charge >= 0.3 is 5.97 Å². The van der Waals surface area contributed by atoms with Gasteiger partial charge in [0.1, 0.15) is 11.9 Å². The second kappa shape index (κ2) is 7.66. The van der Waals surface area contributed by atoms with Gasteiger partial charge in [0.25, 0.3) is 0 Å². The molecule has 2 aromatic rings. The first kappa shape index (κ1) is 16.1. The first-order valence-electron chi connectivity index (χ1n) is 6.85. The van der Waals surface area contributed by atoms with Crippen LogP contribution in [0.25, 0.3) is 0 Å². The minimum absolute atomic E-state index is 0.310. The first-order valence-corrected chi connectivity index (χ1v) is 7.26. The highest BCUT2D eigenvalue weighted by atomic mass is 32.1. The molecule has 0 fully saturated rings. The van der Waals surface area contributed by atoms with Gasteiger partial charge in [-0.25, -0.2) is 9.18 Å². The molecule has 2 rings (SSSR count). The average molecular weight is 317 g/mol. The Morgan fingerprint density at radius 3 is 2.32 bits per heavy atom. The topological polar surface area (TPSA) is 49.3 Å². The molecule has 0 aliphatic carbocycles. The van der Waals surface area contributed by atoms with E-state index < -0.39 is 12.0 Å². The number of nitrogens with one attached hydrogen (secondary N) is 1. The van der Waals surface area contributed by atoms with E-state index in [2.05, 4.69) is 5.32 Å². The summed E-state index contributed by atoms with van der Waals surface area (Å²) in [5, 5.41) is 12.2. The molecule has 0 aliphatic rings. The molecule has 0 aliphatic heterocycles. The number of thiocarbonyl (C=S) groups is 1. The van der Waals surface area contributed by atoms with Crippen LogP contribution in [0.4, 0.5) is 4.39 Å². The van der Waals surface area contributed by atoms with Crippen molar-refractivity contribution in [2.75, 3.05) is 0 Å². The molecule has 2 aromatic carbocycles. The number of hydrogen-bond donors (Lipinski definition) is 2. The molecular formula is C17H16FNO2S. The second-order valence-electron chi connectivity index (χ2n) is 4.95. The van der Waals surface area contributed by atoms with E-state index in [-0.39, 0.29) is 5.82 Å². The lowest BCUT2D eigenvalue weighted by Gasteiger charge is -2.16.